The highest BCUT2D eigenvalue weighted by molar-refractivity contribution is 5.07. The maximum absolute atomic E-state index is 10.5. The fraction of sp³-hybridized carbons (Fsp3) is 1.00. The molecule has 0 amide bonds. The van der Waals surface area contributed by atoms with Crippen molar-refractivity contribution in [1.29, 1.82) is 0 Å². The van der Waals surface area contributed by atoms with E-state index in [4.69, 9.17) is 9.47 Å². The predicted octanol–water partition coefficient (Wildman–Crippen LogP) is 6.32. The van der Waals surface area contributed by atoms with Gasteiger partial charge in [0.05, 0.1) is 12.7 Å². The average molecular weight is 593 g/mol. The van der Waals surface area contributed by atoms with Crippen molar-refractivity contribution in [1.82, 2.24) is 0 Å². The molecule has 4 N–H and O–H groups in total. The lowest BCUT2D eigenvalue weighted by atomic mass is 9.42. The molecule has 5 aliphatic rings. The second-order valence-electron chi connectivity index (χ2n) is 16.6. The maximum atomic E-state index is 10.5. The van der Waals surface area contributed by atoms with Gasteiger partial charge in [0.25, 0.3) is 0 Å². The Kier molecular flexibility index (Phi) is 10.4. The van der Waals surface area contributed by atoms with Gasteiger partial charge in [0.2, 0.25) is 0 Å². The van der Waals surface area contributed by atoms with Gasteiger partial charge in [-0.25, -0.2) is 0 Å². The molecule has 6 nitrogen and oxygen atoms in total. The van der Waals surface area contributed by atoms with Crippen LogP contribution < -0.4 is 0 Å². The average Bonchev–Trinajstić information content (AvgIpc) is 2.96. The minimum Gasteiger partial charge on any atom is -0.394 e. The largest absolute Gasteiger partial charge is 0.394 e. The summed E-state index contributed by atoms with van der Waals surface area (Å²) in [5.41, 5.74) is 0.850. The van der Waals surface area contributed by atoms with Crippen LogP contribution in [0.1, 0.15) is 125 Å². The van der Waals surface area contributed by atoms with Crippen molar-refractivity contribution in [2.45, 2.75) is 162 Å². The molecule has 5 fully saturated rings. The summed E-state index contributed by atoms with van der Waals surface area (Å²) in [4.78, 5) is 0. The van der Waals surface area contributed by atoms with Gasteiger partial charge >= 0.3 is 0 Å². The highest BCUT2D eigenvalue weighted by Gasteiger charge is 2.58. The lowest BCUT2D eigenvalue weighted by molar-refractivity contribution is -0.316. The lowest BCUT2D eigenvalue weighted by Gasteiger charge is -2.63. The van der Waals surface area contributed by atoms with Crippen LogP contribution in [0.5, 0.6) is 0 Å². The summed E-state index contributed by atoms with van der Waals surface area (Å²) in [5.74, 6) is 6.56. The van der Waals surface area contributed by atoms with E-state index in [1.807, 2.05) is 0 Å². The van der Waals surface area contributed by atoms with Gasteiger partial charge in [0.1, 0.15) is 24.4 Å². The third-order valence-electron chi connectivity index (χ3n) is 14.2. The van der Waals surface area contributed by atoms with Crippen LogP contribution >= 0.6 is 0 Å². The minimum atomic E-state index is -1.38. The summed E-state index contributed by atoms with van der Waals surface area (Å²) in [6, 6.07) is 0. The van der Waals surface area contributed by atoms with E-state index in [0.29, 0.717) is 16.7 Å². The van der Waals surface area contributed by atoms with Crippen molar-refractivity contribution in [2.75, 3.05) is 6.61 Å². The number of hydrogen-bond acceptors (Lipinski definition) is 6. The molecule has 0 bridgehead atoms. The number of hydrogen-bond donors (Lipinski definition) is 4. The Balaban J connectivity index is 1.18. The normalized spacial score (nSPS) is 49.1. The number of aliphatic hydroxyl groups excluding tert-OH is 4. The van der Waals surface area contributed by atoms with Gasteiger partial charge in [-0.1, -0.05) is 54.4 Å². The monoisotopic (exact) mass is 592 g/mol. The van der Waals surface area contributed by atoms with Crippen molar-refractivity contribution >= 4 is 0 Å². The molecule has 0 aromatic carbocycles. The molecule has 1 saturated heterocycles. The molecule has 42 heavy (non-hydrogen) atoms. The van der Waals surface area contributed by atoms with Crippen LogP contribution in [0.4, 0.5) is 0 Å². The first-order valence-corrected chi connectivity index (χ1v) is 17.9. The first-order chi connectivity index (χ1) is 19.9. The number of rotatable bonds is 9. The van der Waals surface area contributed by atoms with E-state index >= 15 is 0 Å². The first kappa shape index (κ1) is 33.1. The molecule has 244 valence electrons. The molecule has 5 rings (SSSR count). The third-order valence-corrected chi connectivity index (χ3v) is 14.2. The molecule has 15 atom stereocenters. The predicted molar refractivity (Wildman–Crippen MR) is 165 cm³/mol. The summed E-state index contributed by atoms with van der Waals surface area (Å²) in [7, 11) is 0. The van der Waals surface area contributed by atoms with E-state index in [0.717, 1.165) is 60.7 Å². The standard InChI is InChI=1S/C36H64O6/c1-7-23(21(2)3)9-8-22(4)24-10-13-28-27-12-11-25-18-26(41-34-33(40)32(39)31(38)30(20-37)42-34)14-17-36(25,6)29(27)15-16-35(28,5)19-24/h21-34,37-40H,7-20H2,1-6H3. The smallest absolute Gasteiger partial charge is 0.186 e. The van der Waals surface area contributed by atoms with Gasteiger partial charge in [-0.15, -0.1) is 0 Å². The zero-order valence-corrected chi connectivity index (χ0v) is 27.6. The van der Waals surface area contributed by atoms with Gasteiger partial charge in [0.15, 0.2) is 6.29 Å². The van der Waals surface area contributed by atoms with Gasteiger partial charge in [0, 0.05) is 0 Å². The number of fused-ring (bicyclic) bond motifs is 5. The maximum Gasteiger partial charge on any atom is 0.186 e. The van der Waals surface area contributed by atoms with Crippen LogP contribution in [0, 0.1) is 58.2 Å². The van der Waals surface area contributed by atoms with Crippen molar-refractivity contribution < 1.29 is 29.9 Å². The van der Waals surface area contributed by atoms with Crippen LogP contribution in [0.3, 0.4) is 0 Å². The summed E-state index contributed by atoms with van der Waals surface area (Å²) < 4.78 is 11.9. The van der Waals surface area contributed by atoms with E-state index in [1.54, 1.807) is 0 Å². The Bertz CT molecular complexity index is 879. The molecule has 1 aliphatic heterocycles. The number of ether oxygens (including phenoxy) is 2. The van der Waals surface area contributed by atoms with Gasteiger partial charge in [-0.05, 0) is 129 Å². The highest BCUT2D eigenvalue weighted by atomic mass is 16.7. The summed E-state index contributed by atoms with van der Waals surface area (Å²) >= 11 is 0. The molecule has 0 aromatic heterocycles. The van der Waals surface area contributed by atoms with Crippen molar-refractivity contribution in [3.05, 3.63) is 0 Å². The van der Waals surface area contributed by atoms with E-state index < -0.39 is 37.3 Å². The first-order valence-electron chi connectivity index (χ1n) is 17.9. The molecular weight excluding hydrogens is 528 g/mol. The van der Waals surface area contributed by atoms with Crippen LogP contribution in [-0.2, 0) is 9.47 Å². The van der Waals surface area contributed by atoms with Gasteiger partial charge in [-0.3, -0.25) is 0 Å². The lowest BCUT2D eigenvalue weighted by Crippen LogP contribution is -2.60. The quantitative estimate of drug-likeness (QED) is 0.234. The van der Waals surface area contributed by atoms with E-state index in [-0.39, 0.29) is 6.10 Å². The molecule has 6 heteroatoms. The van der Waals surface area contributed by atoms with E-state index in [9.17, 15) is 20.4 Å². The highest BCUT2D eigenvalue weighted by Crippen LogP contribution is 2.66. The zero-order chi connectivity index (χ0) is 30.4. The van der Waals surface area contributed by atoms with Crippen molar-refractivity contribution in [2.24, 2.45) is 58.2 Å². The Morgan fingerprint density at radius 1 is 0.857 bits per heavy atom. The molecule has 1 heterocycles. The minimum absolute atomic E-state index is 0.0326. The van der Waals surface area contributed by atoms with Crippen LogP contribution in [0.15, 0.2) is 0 Å². The zero-order valence-electron chi connectivity index (χ0n) is 27.6. The third kappa shape index (κ3) is 6.25. The van der Waals surface area contributed by atoms with Crippen LogP contribution in [0.2, 0.25) is 0 Å². The molecule has 4 saturated carbocycles. The Labute approximate surface area is 256 Å². The summed E-state index contributed by atoms with van der Waals surface area (Å²) in [6.07, 6.45) is 10.8. The van der Waals surface area contributed by atoms with Crippen LogP contribution in [0.25, 0.3) is 0 Å². The van der Waals surface area contributed by atoms with Gasteiger partial charge in [-0.2, -0.15) is 0 Å². The summed E-state index contributed by atoms with van der Waals surface area (Å²) in [5, 5.41) is 40.5. The topological polar surface area (TPSA) is 99.4 Å². The molecular formula is C36H64O6. The fourth-order valence-electron chi connectivity index (χ4n) is 11.2. The Morgan fingerprint density at radius 3 is 2.31 bits per heavy atom. The van der Waals surface area contributed by atoms with E-state index in [2.05, 4.69) is 41.5 Å². The summed E-state index contributed by atoms with van der Waals surface area (Å²) in [6.45, 7) is 14.6. The molecule has 15 unspecified atom stereocenters. The molecule has 0 spiro atoms. The second-order valence-corrected chi connectivity index (χ2v) is 16.6. The van der Waals surface area contributed by atoms with E-state index in [1.165, 1.54) is 64.2 Å². The van der Waals surface area contributed by atoms with Crippen molar-refractivity contribution in [3.8, 4) is 0 Å². The Hall–Kier alpha value is -0.240. The number of aliphatic hydroxyl groups is 4. The molecule has 4 aliphatic carbocycles. The SMILES string of the molecule is CCC(CCC(C)C1CCC2C3CCC4CC(OC5OC(CO)C(O)C(O)C5O)CCC4(C)C3CCC2(C)C1)C(C)C. The van der Waals surface area contributed by atoms with Crippen LogP contribution in [-0.4, -0.2) is 63.8 Å². The molecule has 0 radical (unpaired) electrons. The fourth-order valence-corrected chi connectivity index (χ4v) is 11.2. The van der Waals surface area contributed by atoms with Gasteiger partial charge < -0.3 is 29.9 Å². The second kappa shape index (κ2) is 13.2. The molecule has 0 aromatic rings. The Morgan fingerprint density at radius 2 is 1.62 bits per heavy atom. The van der Waals surface area contributed by atoms with Crippen molar-refractivity contribution in [3.63, 3.8) is 0 Å².